The molecule has 0 amide bonds. The zero-order valence-electron chi connectivity index (χ0n) is 4.69. The molecule has 0 aromatic carbocycles. The molecule has 0 rings (SSSR count). The Morgan fingerprint density at radius 1 is 1.83 bits per heavy atom. The first kappa shape index (κ1) is 15.6. The molecule has 35 valence electrons. The van der Waals surface area contributed by atoms with Crippen molar-refractivity contribution < 1.29 is 79.5 Å². The zero-order chi connectivity index (χ0) is 3.58. The fourth-order valence-electron chi connectivity index (χ4n) is 0. The molecule has 0 saturated heterocycles. The van der Waals surface area contributed by atoms with Gasteiger partial charge < -0.3 is 6.53 Å². The van der Waals surface area contributed by atoms with E-state index in [1.807, 2.05) is 0 Å². The minimum Gasteiger partial charge on any atom is -1.00 e. The molecule has 1 N–H and O–H groups in total. The van der Waals surface area contributed by atoms with Crippen LogP contribution in [-0.2, 0) is 21.6 Å². The molecule has 0 atom stereocenters. The molecule has 0 aromatic heterocycles. The van der Waals surface area contributed by atoms with E-state index in [1.165, 1.54) is 0 Å². The van der Waals surface area contributed by atoms with Crippen LogP contribution in [0.2, 0.25) is 0 Å². The van der Waals surface area contributed by atoms with Gasteiger partial charge in [-0.15, -0.1) is 0 Å². The topological polar surface area (TPSA) is 37.3 Å². The molecule has 0 aliphatic heterocycles. The van der Waals surface area contributed by atoms with Gasteiger partial charge in [-0.05, 0) is 0 Å². The molecule has 6 heavy (non-hydrogen) atoms. The number of rotatable bonds is 0. The molecule has 0 aliphatic rings. The fraction of sp³-hybridized carbons (Fsp3) is 0.500. The Morgan fingerprint density at radius 2 is 1.83 bits per heavy atom. The summed E-state index contributed by atoms with van der Waals surface area (Å²) in [5.41, 5.74) is 0. The maximum Gasteiger partial charge on any atom is 1.00 e. The summed E-state index contributed by atoms with van der Waals surface area (Å²) in [5, 5.41) is 7.42. The summed E-state index contributed by atoms with van der Waals surface area (Å²) in [5.74, 6) is -0.833. The van der Waals surface area contributed by atoms with Gasteiger partial charge >= 0.3 is 51.4 Å². The average Bonchev–Trinajstić information content (AvgIpc) is 0.811. The maximum atomic E-state index is 9.00. The predicted molar refractivity (Wildman–Crippen MR) is 14.4 cm³/mol. The summed E-state index contributed by atoms with van der Waals surface area (Å²) in [7, 11) is 0. The van der Waals surface area contributed by atoms with Crippen molar-refractivity contribution in [1.82, 2.24) is 0 Å². The van der Waals surface area contributed by atoms with Gasteiger partial charge in [0.15, 0.2) is 0 Å². The molecule has 0 aromatic rings. The minimum absolute atomic E-state index is 0. The Morgan fingerprint density at radius 3 is 1.83 bits per heavy atom. The van der Waals surface area contributed by atoms with E-state index in [0.29, 0.717) is 0 Å². The van der Waals surface area contributed by atoms with Gasteiger partial charge in [-0.3, -0.25) is 4.79 Å². The standard InChI is InChI=1S/C2H4O2.Co.K.H/c1-2(3)4;;;/h1H3,(H,3,4);;;/q;;+1;-1. The molecule has 2 nitrogen and oxygen atoms in total. The molecule has 4 heteroatoms. The Labute approximate surface area is 90.8 Å². The quantitative estimate of drug-likeness (QED) is 0.388. The fourth-order valence-corrected chi connectivity index (χ4v) is 0. The maximum absolute atomic E-state index is 9.00. The second-order valence-electron chi connectivity index (χ2n) is 0.519. The van der Waals surface area contributed by atoms with Crippen molar-refractivity contribution in [3.63, 3.8) is 0 Å². The summed E-state index contributed by atoms with van der Waals surface area (Å²) >= 11 is 0. The molecule has 0 bridgehead atoms. The normalized spacial score (nSPS) is 4.17. The van der Waals surface area contributed by atoms with Crippen molar-refractivity contribution in [3.05, 3.63) is 0 Å². The molecular formula is C2H5CoKO2. The number of aliphatic carboxylic acids is 1. The predicted octanol–water partition coefficient (Wildman–Crippen LogP) is -2.80. The van der Waals surface area contributed by atoms with Gasteiger partial charge in [-0.2, -0.15) is 0 Å². The molecular weight excluding hydrogens is 154 g/mol. The van der Waals surface area contributed by atoms with E-state index in [1.54, 1.807) is 0 Å². The largest absolute Gasteiger partial charge is 1.00 e. The second kappa shape index (κ2) is 9.79. The van der Waals surface area contributed by atoms with E-state index in [-0.39, 0.29) is 69.6 Å². The van der Waals surface area contributed by atoms with Crippen molar-refractivity contribution in [1.29, 1.82) is 0 Å². The van der Waals surface area contributed by atoms with Crippen LogP contribution in [0.25, 0.3) is 0 Å². The Bertz CT molecular complexity index is 38.7. The Balaban J connectivity index is -0.0000000150. The third-order valence-corrected chi connectivity index (χ3v) is 0. The van der Waals surface area contributed by atoms with Crippen LogP contribution >= 0.6 is 0 Å². The van der Waals surface area contributed by atoms with Gasteiger partial charge in [0, 0.05) is 23.7 Å². The van der Waals surface area contributed by atoms with E-state index >= 15 is 0 Å². The second-order valence-corrected chi connectivity index (χ2v) is 0.519. The first-order chi connectivity index (χ1) is 1.73. The van der Waals surface area contributed by atoms with Gasteiger partial charge in [-0.1, -0.05) is 0 Å². The first-order valence-electron chi connectivity index (χ1n) is 0.928. The van der Waals surface area contributed by atoms with E-state index in [9.17, 15) is 0 Å². The van der Waals surface area contributed by atoms with E-state index in [4.69, 9.17) is 9.90 Å². The van der Waals surface area contributed by atoms with Crippen LogP contribution in [0.1, 0.15) is 8.35 Å². The van der Waals surface area contributed by atoms with Crippen molar-refractivity contribution in [3.8, 4) is 0 Å². The van der Waals surface area contributed by atoms with Crippen LogP contribution in [0.4, 0.5) is 0 Å². The van der Waals surface area contributed by atoms with Gasteiger partial charge in [0.1, 0.15) is 0 Å². The molecule has 0 fully saturated rings. The summed E-state index contributed by atoms with van der Waals surface area (Å²) in [4.78, 5) is 9.00. The average molecular weight is 159 g/mol. The molecule has 1 radical (unpaired) electrons. The number of carboxylic acid groups (broad SMARTS) is 1. The summed E-state index contributed by atoms with van der Waals surface area (Å²) in [6.07, 6.45) is 0. The number of carbonyl (C=O) groups is 1. The smallest absolute Gasteiger partial charge is 1.00 e. The van der Waals surface area contributed by atoms with E-state index < -0.39 is 5.97 Å². The van der Waals surface area contributed by atoms with Crippen molar-refractivity contribution >= 4 is 5.97 Å². The van der Waals surface area contributed by atoms with Crippen LogP contribution in [0.3, 0.4) is 0 Å². The summed E-state index contributed by atoms with van der Waals surface area (Å²) in [6.45, 7) is 1.08. The van der Waals surface area contributed by atoms with E-state index in [0.717, 1.165) is 6.92 Å². The third kappa shape index (κ3) is 45.9. The zero-order valence-corrected chi connectivity index (χ0v) is 7.85. The van der Waals surface area contributed by atoms with Crippen LogP contribution in [0.15, 0.2) is 0 Å². The van der Waals surface area contributed by atoms with Crippen molar-refractivity contribution in [2.75, 3.05) is 0 Å². The molecule has 0 unspecified atom stereocenters. The monoisotopic (exact) mass is 159 g/mol. The Kier molecular flexibility index (Phi) is 25.5. The summed E-state index contributed by atoms with van der Waals surface area (Å²) < 4.78 is 0. The van der Waals surface area contributed by atoms with E-state index in [2.05, 4.69) is 0 Å². The Hall–Kier alpha value is 1.61. The number of hydrogen-bond acceptors (Lipinski definition) is 1. The molecule has 0 heterocycles. The van der Waals surface area contributed by atoms with Crippen LogP contribution in [0, 0.1) is 0 Å². The van der Waals surface area contributed by atoms with Crippen LogP contribution in [-0.4, -0.2) is 11.1 Å². The minimum atomic E-state index is -0.833. The molecule has 0 saturated carbocycles. The van der Waals surface area contributed by atoms with Gasteiger partial charge in [0.25, 0.3) is 5.97 Å². The van der Waals surface area contributed by atoms with Crippen molar-refractivity contribution in [2.45, 2.75) is 6.92 Å². The van der Waals surface area contributed by atoms with Gasteiger partial charge in [0.2, 0.25) is 0 Å². The van der Waals surface area contributed by atoms with Crippen LogP contribution in [0.5, 0.6) is 0 Å². The molecule has 0 spiro atoms. The van der Waals surface area contributed by atoms with Gasteiger partial charge in [0.05, 0.1) is 0 Å². The summed E-state index contributed by atoms with van der Waals surface area (Å²) in [6, 6.07) is 0. The SMILES string of the molecule is CC(=O)O.[Co].[H-].[K+]. The van der Waals surface area contributed by atoms with Crippen molar-refractivity contribution in [2.24, 2.45) is 0 Å². The first-order valence-corrected chi connectivity index (χ1v) is 0.928. The number of hydrogen-bond donors (Lipinski definition) is 1. The van der Waals surface area contributed by atoms with Crippen LogP contribution < -0.4 is 51.4 Å². The molecule has 0 aliphatic carbocycles. The van der Waals surface area contributed by atoms with Gasteiger partial charge in [-0.25, -0.2) is 0 Å². The number of carboxylic acids is 1. The third-order valence-electron chi connectivity index (χ3n) is 0.